The van der Waals surface area contributed by atoms with Crippen LogP contribution in [0.25, 0.3) is 0 Å². The Balaban J connectivity index is 1.99. The maximum absolute atomic E-state index is 5.97. The lowest BCUT2D eigenvalue weighted by Crippen LogP contribution is -2.22. The van der Waals surface area contributed by atoms with Gasteiger partial charge in [0.2, 0.25) is 0 Å². The average molecular weight is 305 g/mol. The lowest BCUT2D eigenvalue weighted by atomic mass is 10.2. The fourth-order valence-corrected chi connectivity index (χ4v) is 2.66. The van der Waals surface area contributed by atoms with Gasteiger partial charge >= 0.3 is 0 Å². The van der Waals surface area contributed by atoms with E-state index >= 15 is 0 Å². The SMILES string of the molecule is COc1ccc(CNC(C)C)c(OCCc2cccs2)c1. The Morgan fingerprint density at radius 3 is 2.76 bits per heavy atom. The Labute approximate surface area is 130 Å². The van der Waals surface area contributed by atoms with E-state index in [9.17, 15) is 0 Å². The van der Waals surface area contributed by atoms with Crippen molar-refractivity contribution in [2.45, 2.75) is 32.9 Å². The molecule has 1 aromatic carbocycles. The van der Waals surface area contributed by atoms with E-state index in [4.69, 9.17) is 9.47 Å². The van der Waals surface area contributed by atoms with Gasteiger partial charge in [0, 0.05) is 35.5 Å². The van der Waals surface area contributed by atoms with Crippen molar-refractivity contribution in [3.63, 3.8) is 0 Å². The fraction of sp³-hybridized carbons (Fsp3) is 0.412. The minimum Gasteiger partial charge on any atom is -0.497 e. The molecule has 0 amide bonds. The summed E-state index contributed by atoms with van der Waals surface area (Å²) in [5, 5.41) is 5.52. The van der Waals surface area contributed by atoms with Gasteiger partial charge in [-0.3, -0.25) is 0 Å². The van der Waals surface area contributed by atoms with E-state index in [1.807, 2.05) is 12.1 Å². The highest BCUT2D eigenvalue weighted by Crippen LogP contribution is 2.25. The predicted molar refractivity (Wildman–Crippen MR) is 88.5 cm³/mol. The molecule has 0 aliphatic carbocycles. The zero-order valence-electron chi connectivity index (χ0n) is 12.9. The summed E-state index contributed by atoms with van der Waals surface area (Å²) in [6.45, 7) is 5.76. The molecule has 0 spiro atoms. The Morgan fingerprint density at radius 1 is 1.24 bits per heavy atom. The monoisotopic (exact) mass is 305 g/mol. The Hall–Kier alpha value is -1.52. The molecule has 1 heterocycles. The van der Waals surface area contributed by atoms with Crippen LogP contribution in [0.3, 0.4) is 0 Å². The van der Waals surface area contributed by atoms with E-state index in [-0.39, 0.29) is 0 Å². The molecule has 0 unspecified atom stereocenters. The lowest BCUT2D eigenvalue weighted by Gasteiger charge is -2.15. The third-order valence-corrected chi connectivity index (χ3v) is 4.10. The highest BCUT2D eigenvalue weighted by atomic mass is 32.1. The summed E-state index contributed by atoms with van der Waals surface area (Å²) in [5.41, 5.74) is 1.16. The van der Waals surface area contributed by atoms with Crippen molar-refractivity contribution < 1.29 is 9.47 Å². The molecule has 3 nitrogen and oxygen atoms in total. The molecule has 21 heavy (non-hydrogen) atoms. The van der Waals surface area contributed by atoms with E-state index < -0.39 is 0 Å². The van der Waals surface area contributed by atoms with Gasteiger partial charge in [-0.2, -0.15) is 0 Å². The van der Waals surface area contributed by atoms with Crippen LogP contribution in [0.1, 0.15) is 24.3 Å². The number of rotatable bonds is 8. The van der Waals surface area contributed by atoms with Crippen molar-refractivity contribution >= 4 is 11.3 Å². The van der Waals surface area contributed by atoms with Gasteiger partial charge < -0.3 is 14.8 Å². The van der Waals surface area contributed by atoms with Gasteiger partial charge in [-0.25, -0.2) is 0 Å². The van der Waals surface area contributed by atoms with Crippen molar-refractivity contribution in [2.75, 3.05) is 13.7 Å². The standard InChI is InChI=1S/C17H23NO2S/c1-13(2)18-12-14-6-7-15(19-3)11-17(14)20-9-8-16-5-4-10-21-16/h4-7,10-11,13,18H,8-9,12H2,1-3H3. The molecule has 2 aromatic rings. The van der Waals surface area contributed by atoms with Crippen molar-refractivity contribution in [1.29, 1.82) is 0 Å². The number of ether oxygens (including phenoxy) is 2. The second-order valence-corrected chi connectivity index (χ2v) is 6.22. The molecular weight excluding hydrogens is 282 g/mol. The highest BCUT2D eigenvalue weighted by molar-refractivity contribution is 7.09. The summed E-state index contributed by atoms with van der Waals surface area (Å²) < 4.78 is 11.3. The van der Waals surface area contributed by atoms with Gasteiger partial charge in [0.1, 0.15) is 11.5 Å². The number of hydrogen-bond acceptors (Lipinski definition) is 4. The average Bonchev–Trinajstić information content (AvgIpc) is 2.99. The largest absolute Gasteiger partial charge is 0.497 e. The Bertz CT molecular complexity index is 538. The van der Waals surface area contributed by atoms with Gasteiger partial charge in [-0.1, -0.05) is 26.0 Å². The fourth-order valence-electron chi connectivity index (χ4n) is 1.97. The molecule has 4 heteroatoms. The number of nitrogens with one attached hydrogen (secondary N) is 1. The zero-order valence-corrected chi connectivity index (χ0v) is 13.7. The molecule has 0 bridgehead atoms. The molecule has 0 saturated heterocycles. The minimum absolute atomic E-state index is 0.450. The number of methoxy groups -OCH3 is 1. The summed E-state index contributed by atoms with van der Waals surface area (Å²) in [6.07, 6.45) is 0.936. The van der Waals surface area contributed by atoms with E-state index in [2.05, 4.69) is 42.7 Å². The van der Waals surface area contributed by atoms with Crippen molar-refractivity contribution in [3.8, 4) is 11.5 Å². The van der Waals surface area contributed by atoms with Crippen molar-refractivity contribution in [1.82, 2.24) is 5.32 Å². The number of hydrogen-bond donors (Lipinski definition) is 1. The predicted octanol–water partition coefficient (Wildman–Crippen LogP) is 3.88. The second kappa shape index (κ2) is 8.05. The summed E-state index contributed by atoms with van der Waals surface area (Å²) in [7, 11) is 1.68. The summed E-state index contributed by atoms with van der Waals surface area (Å²) in [4.78, 5) is 1.35. The van der Waals surface area contributed by atoms with Crippen LogP contribution in [-0.4, -0.2) is 19.8 Å². The van der Waals surface area contributed by atoms with Crippen LogP contribution in [-0.2, 0) is 13.0 Å². The van der Waals surface area contributed by atoms with E-state index in [1.54, 1.807) is 18.4 Å². The molecule has 0 radical (unpaired) electrons. The van der Waals surface area contributed by atoms with E-state index in [0.717, 1.165) is 30.0 Å². The lowest BCUT2D eigenvalue weighted by molar-refractivity contribution is 0.315. The third kappa shape index (κ3) is 5.06. The first kappa shape index (κ1) is 15.9. The Kier molecular flexibility index (Phi) is 6.08. The number of benzene rings is 1. The van der Waals surface area contributed by atoms with Crippen LogP contribution in [0.2, 0.25) is 0 Å². The zero-order chi connectivity index (χ0) is 15.1. The van der Waals surface area contributed by atoms with E-state index in [0.29, 0.717) is 12.6 Å². The first-order chi connectivity index (χ1) is 10.2. The number of thiophene rings is 1. The van der Waals surface area contributed by atoms with Gasteiger partial charge in [0.15, 0.2) is 0 Å². The topological polar surface area (TPSA) is 30.5 Å². The third-order valence-electron chi connectivity index (χ3n) is 3.16. The molecular formula is C17H23NO2S. The minimum atomic E-state index is 0.450. The van der Waals surface area contributed by atoms with Crippen LogP contribution in [0, 0.1) is 0 Å². The second-order valence-electron chi connectivity index (χ2n) is 5.19. The maximum Gasteiger partial charge on any atom is 0.127 e. The van der Waals surface area contributed by atoms with Crippen LogP contribution in [0.4, 0.5) is 0 Å². The summed E-state index contributed by atoms with van der Waals surface area (Å²) in [5.74, 6) is 1.73. The van der Waals surface area contributed by atoms with Crippen LogP contribution in [0.15, 0.2) is 35.7 Å². The smallest absolute Gasteiger partial charge is 0.127 e. The summed E-state index contributed by atoms with van der Waals surface area (Å²) >= 11 is 1.77. The summed E-state index contributed by atoms with van der Waals surface area (Å²) in [6, 6.07) is 10.7. The molecule has 0 fully saturated rings. The quantitative estimate of drug-likeness (QED) is 0.803. The molecule has 0 aliphatic rings. The molecule has 0 aliphatic heterocycles. The van der Waals surface area contributed by atoms with Crippen LogP contribution >= 0.6 is 11.3 Å². The maximum atomic E-state index is 5.97. The molecule has 114 valence electrons. The normalized spacial score (nSPS) is 10.9. The Morgan fingerprint density at radius 2 is 2.10 bits per heavy atom. The van der Waals surface area contributed by atoms with Gasteiger partial charge in [-0.15, -0.1) is 11.3 Å². The van der Waals surface area contributed by atoms with Gasteiger partial charge in [-0.05, 0) is 17.5 Å². The van der Waals surface area contributed by atoms with Crippen molar-refractivity contribution in [3.05, 3.63) is 46.2 Å². The molecule has 0 saturated carbocycles. The molecule has 1 N–H and O–H groups in total. The van der Waals surface area contributed by atoms with Gasteiger partial charge in [0.25, 0.3) is 0 Å². The first-order valence-electron chi connectivity index (χ1n) is 7.24. The van der Waals surface area contributed by atoms with Gasteiger partial charge in [0.05, 0.1) is 13.7 Å². The highest BCUT2D eigenvalue weighted by Gasteiger charge is 2.07. The van der Waals surface area contributed by atoms with Crippen molar-refractivity contribution in [2.24, 2.45) is 0 Å². The molecule has 0 atom stereocenters. The molecule has 1 aromatic heterocycles. The van der Waals surface area contributed by atoms with E-state index in [1.165, 1.54) is 4.88 Å². The van der Waals surface area contributed by atoms with Crippen LogP contribution < -0.4 is 14.8 Å². The van der Waals surface area contributed by atoms with Crippen LogP contribution in [0.5, 0.6) is 11.5 Å². The first-order valence-corrected chi connectivity index (χ1v) is 8.12. The molecule has 2 rings (SSSR count).